The lowest BCUT2D eigenvalue weighted by Gasteiger charge is -2.28. The van der Waals surface area contributed by atoms with Crippen molar-refractivity contribution in [3.05, 3.63) is 0 Å². The summed E-state index contributed by atoms with van der Waals surface area (Å²) in [5, 5.41) is 0. The van der Waals surface area contributed by atoms with E-state index < -0.39 is 0 Å². The predicted molar refractivity (Wildman–Crippen MR) is 57.8 cm³/mol. The average Bonchev–Trinajstić information content (AvgIpc) is 2.15. The molecule has 0 radical (unpaired) electrons. The molecular weight excluding hydrogens is 162 g/mol. The first-order valence-electron chi connectivity index (χ1n) is 5.48. The summed E-state index contributed by atoms with van der Waals surface area (Å²) in [6.07, 6.45) is 4.64. The third kappa shape index (κ3) is 5.27. The molecule has 0 fully saturated rings. The smallest absolute Gasteiger partial charge is 0.0649 e. The second kappa shape index (κ2) is 6.39. The van der Waals surface area contributed by atoms with Crippen molar-refractivity contribution < 1.29 is 4.74 Å². The SMILES string of the molecule is CCCC(C)OCC(N)(CC)CC. The molecule has 0 aromatic heterocycles. The van der Waals surface area contributed by atoms with Gasteiger partial charge in [-0.1, -0.05) is 27.2 Å². The van der Waals surface area contributed by atoms with Crippen molar-refractivity contribution in [2.24, 2.45) is 5.73 Å². The third-order valence-electron chi connectivity index (χ3n) is 2.76. The molecule has 0 rings (SSSR count). The Morgan fingerprint density at radius 3 is 2.15 bits per heavy atom. The Kier molecular flexibility index (Phi) is 6.35. The van der Waals surface area contributed by atoms with Crippen LogP contribution < -0.4 is 5.73 Å². The van der Waals surface area contributed by atoms with Gasteiger partial charge in [-0.15, -0.1) is 0 Å². The molecule has 2 heteroatoms. The van der Waals surface area contributed by atoms with Crippen molar-refractivity contribution in [1.82, 2.24) is 0 Å². The second-order valence-corrected chi connectivity index (χ2v) is 3.98. The van der Waals surface area contributed by atoms with E-state index in [4.69, 9.17) is 10.5 Å². The molecule has 2 nitrogen and oxygen atoms in total. The highest BCUT2D eigenvalue weighted by Gasteiger charge is 2.21. The van der Waals surface area contributed by atoms with Crippen molar-refractivity contribution in [3.8, 4) is 0 Å². The van der Waals surface area contributed by atoms with Crippen LogP contribution in [0.25, 0.3) is 0 Å². The largest absolute Gasteiger partial charge is 0.377 e. The first-order chi connectivity index (χ1) is 6.08. The fourth-order valence-electron chi connectivity index (χ4n) is 1.25. The van der Waals surface area contributed by atoms with E-state index in [9.17, 15) is 0 Å². The molecule has 2 N–H and O–H groups in total. The van der Waals surface area contributed by atoms with Gasteiger partial charge >= 0.3 is 0 Å². The molecule has 0 aliphatic heterocycles. The number of hydrogen-bond donors (Lipinski definition) is 1. The van der Waals surface area contributed by atoms with E-state index in [0.29, 0.717) is 12.7 Å². The van der Waals surface area contributed by atoms with E-state index in [0.717, 1.165) is 19.3 Å². The van der Waals surface area contributed by atoms with Gasteiger partial charge in [0.1, 0.15) is 0 Å². The molecule has 0 saturated heterocycles. The van der Waals surface area contributed by atoms with Gasteiger partial charge in [-0.05, 0) is 26.2 Å². The Morgan fingerprint density at radius 1 is 1.23 bits per heavy atom. The standard InChI is InChI=1S/C11H25NO/c1-5-8-10(4)13-9-11(12,6-2)7-3/h10H,5-9,12H2,1-4H3. The van der Waals surface area contributed by atoms with Gasteiger partial charge in [0.25, 0.3) is 0 Å². The van der Waals surface area contributed by atoms with Gasteiger partial charge in [0.15, 0.2) is 0 Å². The van der Waals surface area contributed by atoms with Gasteiger partial charge in [-0.2, -0.15) is 0 Å². The molecule has 0 amide bonds. The zero-order valence-corrected chi connectivity index (χ0v) is 9.60. The maximum absolute atomic E-state index is 6.12. The molecule has 0 aliphatic carbocycles. The van der Waals surface area contributed by atoms with Gasteiger partial charge < -0.3 is 10.5 Å². The summed E-state index contributed by atoms with van der Waals surface area (Å²) in [7, 11) is 0. The molecule has 1 atom stereocenters. The Morgan fingerprint density at radius 2 is 1.77 bits per heavy atom. The van der Waals surface area contributed by atoms with Gasteiger partial charge in [0, 0.05) is 5.54 Å². The zero-order valence-electron chi connectivity index (χ0n) is 9.60. The lowest BCUT2D eigenvalue weighted by atomic mass is 9.95. The third-order valence-corrected chi connectivity index (χ3v) is 2.76. The van der Waals surface area contributed by atoms with Crippen molar-refractivity contribution in [2.75, 3.05) is 6.61 Å². The Hall–Kier alpha value is -0.0800. The maximum Gasteiger partial charge on any atom is 0.0649 e. The van der Waals surface area contributed by atoms with E-state index >= 15 is 0 Å². The van der Waals surface area contributed by atoms with Crippen molar-refractivity contribution >= 4 is 0 Å². The van der Waals surface area contributed by atoms with Crippen LogP contribution in [0.4, 0.5) is 0 Å². The van der Waals surface area contributed by atoms with Gasteiger partial charge in [-0.3, -0.25) is 0 Å². The van der Waals surface area contributed by atoms with Gasteiger partial charge in [-0.25, -0.2) is 0 Å². The summed E-state index contributed by atoms with van der Waals surface area (Å²) < 4.78 is 5.70. The minimum absolute atomic E-state index is 0.109. The van der Waals surface area contributed by atoms with Crippen LogP contribution in [0.3, 0.4) is 0 Å². The van der Waals surface area contributed by atoms with Crippen LogP contribution in [-0.2, 0) is 4.74 Å². The summed E-state index contributed by atoms with van der Waals surface area (Å²) in [5.41, 5.74) is 6.01. The summed E-state index contributed by atoms with van der Waals surface area (Å²) in [5.74, 6) is 0. The maximum atomic E-state index is 6.12. The van der Waals surface area contributed by atoms with Crippen LogP contribution in [0.5, 0.6) is 0 Å². The number of hydrogen-bond acceptors (Lipinski definition) is 2. The molecule has 0 bridgehead atoms. The summed E-state index contributed by atoms with van der Waals surface area (Å²) >= 11 is 0. The normalized spacial score (nSPS) is 14.5. The molecule has 0 aromatic carbocycles. The molecule has 0 spiro atoms. The van der Waals surface area contributed by atoms with Gasteiger partial charge in [0.05, 0.1) is 12.7 Å². The minimum atomic E-state index is -0.109. The van der Waals surface area contributed by atoms with Crippen LogP contribution in [0, 0.1) is 0 Å². The van der Waals surface area contributed by atoms with E-state index in [1.807, 2.05) is 0 Å². The monoisotopic (exact) mass is 187 g/mol. The first kappa shape index (κ1) is 12.9. The number of ether oxygens (including phenoxy) is 1. The highest BCUT2D eigenvalue weighted by molar-refractivity contribution is 4.80. The zero-order chi connectivity index (χ0) is 10.3. The lowest BCUT2D eigenvalue weighted by molar-refractivity contribution is 0.0227. The van der Waals surface area contributed by atoms with Crippen molar-refractivity contribution in [3.63, 3.8) is 0 Å². The molecule has 0 saturated carbocycles. The summed E-state index contributed by atoms with van der Waals surface area (Å²) in [6.45, 7) is 9.24. The van der Waals surface area contributed by atoms with Crippen LogP contribution in [0.2, 0.25) is 0 Å². The summed E-state index contributed by atoms with van der Waals surface area (Å²) in [4.78, 5) is 0. The average molecular weight is 187 g/mol. The molecule has 13 heavy (non-hydrogen) atoms. The van der Waals surface area contributed by atoms with Gasteiger partial charge in [0.2, 0.25) is 0 Å². The second-order valence-electron chi connectivity index (χ2n) is 3.98. The van der Waals surface area contributed by atoms with Crippen LogP contribution >= 0.6 is 0 Å². The van der Waals surface area contributed by atoms with Crippen LogP contribution in [0.15, 0.2) is 0 Å². The van der Waals surface area contributed by atoms with E-state index in [-0.39, 0.29) is 5.54 Å². The fraction of sp³-hybridized carbons (Fsp3) is 1.00. The number of rotatable bonds is 7. The van der Waals surface area contributed by atoms with E-state index in [1.165, 1.54) is 6.42 Å². The lowest BCUT2D eigenvalue weighted by Crippen LogP contribution is -2.44. The Labute approximate surface area is 82.8 Å². The quantitative estimate of drug-likeness (QED) is 0.665. The van der Waals surface area contributed by atoms with Crippen LogP contribution in [0.1, 0.15) is 53.4 Å². The molecule has 0 aromatic rings. The number of nitrogens with two attached hydrogens (primary N) is 1. The van der Waals surface area contributed by atoms with E-state index in [1.54, 1.807) is 0 Å². The Bertz CT molecular complexity index is 121. The fourth-order valence-corrected chi connectivity index (χ4v) is 1.25. The van der Waals surface area contributed by atoms with Crippen molar-refractivity contribution in [1.29, 1.82) is 0 Å². The minimum Gasteiger partial charge on any atom is -0.377 e. The topological polar surface area (TPSA) is 35.2 Å². The molecule has 1 unspecified atom stereocenters. The van der Waals surface area contributed by atoms with E-state index in [2.05, 4.69) is 27.7 Å². The highest BCUT2D eigenvalue weighted by Crippen LogP contribution is 2.13. The Balaban J connectivity index is 3.71. The summed E-state index contributed by atoms with van der Waals surface area (Å²) in [6, 6.07) is 0. The van der Waals surface area contributed by atoms with Crippen molar-refractivity contribution in [2.45, 2.75) is 65.0 Å². The molecule has 80 valence electrons. The highest BCUT2D eigenvalue weighted by atomic mass is 16.5. The predicted octanol–water partition coefficient (Wildman–Crippen LogP) is 2.71. The molecular formula is C11H25NO. The molecule has 0 aliphatic rings. The first-order valence-corrected chi connectivity index (χ1v) is 5.48. The molecule has 0 heterocycles. The van der Waals surface area contributed by atoms with Crippen LogP contribution in [-0.4, -0.2) is 18.2 Å².